The summed E-state index contributed by atoms with van der Waals surface area (Å²) in [5, 5.41) is 13.3. The molecule has 1 aliphatic heterocycles. The second-order valence-electron chi connectivity index (χ2n) is 3.86. The highest BCUT2D eigenvalue weighted by molar-refractivity contribution is 5.00. The van der Waals surface area contributed by atoms with E-state index in [1.54, 1.807) is 0 Å². The molecule has 2 rings (SSSR count). The first-order valence-electron chi connectivity index (χ1n) is 4.14. The quantitative estimate of drug-likeness (QED) is 0.510. The molecular weight excluding hydrogens is 126 g/mol. The summed E-state index contributed by atoms with van der Waals surface area (Å²) in [6, 6.07) is 0. The fourth-order valence-corrected chi connectivity index (χ4v) is 2.37. The first kappa shape index (κ1) is 6.62. The summed E-state index contributed by atoms with van der Waals surface area (Å²) in [4.78, 5) is 0. The lowest BCUT2D eigenvalue weighted by molar-refractivity contribution is -0.0342. The van der Waals surface area contributed by atoms with Crippen LogP contribution in [0.25, 0.3) is 0 Å². The highest BCUT2D eigenvalue weighted by Crippen LogP contribution is 2.41. The van der Waals surface area contributed by atoms with Gasteiger partial charge in [0.1, 0.15) is 0 Å². The normalized spacial score (nSPS) is 53.4. The molecule has 0 spiro atoms. The first-order valence-corrected chi connectivity index (χ1v) is 4.14. The smallest absolute Gasteiger partial charge is 0.0700 e. The van der Waals surface area contributed by atoms with Crippen molar-refractivity contribution >= 4 is 0 Å². The Morgan fingerprint density at radius 1 is 1.30 bits per heavy atom. The average molecular weight is 141 g/mol. The van der Waals surface area contributed by atoms with Gasteiger partial charge in [-0.05, 0) is 19.8 Å². The van der Waals surface area contributed by atoms with Crippen molar-refractivity contribution in [1.82, 2.24) is 5.32 Å². The average Bonchev–Trinajstić information content (AvgIpc) is 2.17. The van der Waals surface area contributed by atoms with Crippen LogP contribution in [0, 0.1) is 11.8 Å². The van der Waals surface area contributed by atoms with Crippen LogP contribution >= 0.6 is 0 Å². The second kappa shape index (κ2) is 1.95. The molecule has 0 radical (unpaired) electrons. The Labute approximate surface area is 61.6 Å². The van der Waals surface area contributed by atoms with E-state index < -0.39 is 0 Å². The van der Waals surface area contributed by atoms with Gasteiger partial charge in [-0.25, -0.2) is 0 Å². The number of fused-ring (bicyclic) bond motifs is 2. The fourth-order valence-electron chi connectivity index (χ4n) is 2.37. The molecule has 0 unspecified atom stereocenters. The maximum atomic E-state index is 9.93. The van der Waals surface area contributed by atoms with E-state index in [1.165, 1.54) is 12.8 Å². The van der Waals surface area contributed by atoms with Crippen molar-refractivity contribution in [3.05, 3.63) is 0 Å². The summed E-state index contributed by atoms with van der Waals surface area (Å²) in [5.41, 5.74) is -0.356. The summed E-state index contributed by atoms with van der Waals surface area (Å²) >= 11 is 0. The fraction of sp³-hybridized carbons (Fsp3) is 1.00. The third kappa shape index (κ3) is 0.722. The van der Waals surface area contributed by atoms with Gasteiger partial charge < -0.3 is 10.4 Å². The number of aliphatic hydroxyl groups is 1. The van der Waals surface area contributed by atoms with Gasteiger partial charge in [-0.2, -0.15) is 0 Å². The standard InChI is InChI=1S/C8H15NO/c1-8(10)6-2-3-7(8)5-9-4-6/h6-7,9-10H,2-5H2,1H3/t6-,7+,8-. The van der Waals surface area contributed by atoms with Crippen LogP contribution in [0.5, 0.6) is 0 Å². The minimum atomic E-state index is -0.356. The van der Waals surface area contributed by atoms with Crippen molar-refractivity contribution in [3.8, 4) is 0 Å². The van der Waals surface area contributed by atoms with Crippen molar-refractivity contribution in [2.45, 2.75) is 25.4 Å². The van der Waals surface area contributed by atoms with Crippen molar-refractivity contribution in [2.24, 2.45) is 11.8 Å². The van der Waals surface area contributed by atoms with Crippen LogP contribution in [0.4, 0.5) is 0 Å². The molecule has 1 saturated carbocycles. The highest BCUT2D eigenvalue weighted by atomic mass is 16.3. The topological polar surface area (TPSA) is 32.3 Å². The van der Waals surface area contributed by atoms with Gasteiger partial charge in [0.25, 0.3) is 0 Å². The van der Waals surface area contributed by atoms with Gasteiger partial charge in [-0.15, -0.1) is 0 Å². The Kier molecular flexibility index (Phi) is 1.29. The molecule has 0 amide bonds. The van der Waals surface area contributed by atoms with Crippen LogP contribution in [-0.4, -0.2) is 23.8 Å². The molecule has 58 valence electrons. The summed E-state index contributed by atoms with van der Waals surface area (Å²) in [5.74, 6) is 1.04. The number of piperidine rings is 1. The summed E-state index contributed by atoms with van der Waals surface area (Å²) < 4.78 is 0. The number of nitrogens with one attached hydrogen (secondary N) is 1. The predicted molar refractivity (Wildman–Crippen MR) is 39.7 cm³/mol. The van der Waals surface area contributed by atoms with Gasteiger partial charge >= 0.3 is 0 Å². The van der Waals surface area contributed by atoms with Gasteiger partial charge in [0.2, 0.25) is 0 Å². The Morgan fingerprint density at radius 3 is 2.20 bits per heavy atom. The lowest BCUT2D eigenvalue weighted by Crippen LogP contribution is -2.50. The highest BCUT2D eigenvalue weighted by Gasteiger charge is 2.47. The molecule has 3 atom stereocenters. The van der Waals surface area contributed by atoms with E-state index in [1.807, 2.05) is 6.92 Å². The van der Waals surface area contributed by atoms with Crippen molar-refractivity contribution in [1.29, 1.82) is 0 Å². The molecule has 2 fully saturated rings. The van der Waals surface area contributed by atoms with E-state index in [0.29, 0.717) is 11.8 Å². The van der Waals surface area contributed by atoms with Gasteiger partial charge in [0, 0.05) is 24.9 Å². The summed E-state index contributed by atoms with van der Waals surface area (Å²) in [6.07, 6.45) is 2.43. The van der Waals surface area contributed by atoms with E-state index in [9.17, 15) is 5.11 Å². The minimum Gasteiger partial charge on any atom is -0.390 e. The molecule has 2 aliphatic rings. The van der Waals surface area contributed by atoms with E-state index in [-0.39, 0.29) is 5.60 Å². The van der Waals surface area contributed by atoms with Crippen LogP contribution in [0.15, 0.2) is 0 Å². The molecule has 2 N–H and O–H groups in total. The zero-order chi connectivity index (χ0) is 7.19. The third-order valence-corrected chi connectivity index (χ3v) is 3.30. The first-order chi connectivity index (χ1) is 4.71. The van der Waals surface area contributed by atoms with Crippen molar-refractivity contribution in [2.75, 3.05) is 13.1 Å². The predicted octanol–water partition coefficient (Wildman–Crippen LogP) is 0.367. The Hall–Kier alpha value is -0.0800. The monoisotopic (exact) mass is 141 g/mol. The molecule has 1 heterocycles. The van der Waals surface area contributed by atoms with E-state index in [0.717, 1.165) is 13.1 Å². The maximum Gasteiger partial charge on any atom is 0.0700 e. The van der Waals surface area contributed by atoms with E-state index in [2.05, 4.69) is 5.32 Å². The van der Waals surface area contributed by atoms with Gasteiger partial charge in [0.05, 0.1) is 5.60 Å². The zero-order valence-electron chi connectivity index (χ0n) is 6.43. The van der Waals surface area contributed by atoms with E-state index >= 15 is 0 Å². The van der Waals surface area contributed by atoms with Crippen LogP contribution in [0.3, 0.4) is 0 Å². The number of rotatable bonds is 0. The van der Waals surface area contributed by atoms with Crippen LogP contribution in [0.1, 0.15) is 19.8 Å². The Morgan fingerprint density at radius 2 is 1.80 bits per heavy atom. The summed E-state index contributed by atoms with van der Waals surface area (Å²) in [6.45, 7) is 4.03. The second-order valence-corrected chi connectivity index (χ2v) is 3.86. The molecule has 0 aromatic heterocycles. The molecule has 1 aliphatic carbocycles. The largest absolute Gasteiger partial charge is 0.390 e. The molecule has 0 aromatic carbocycles. The van der Waals surface area contributed by atoms with Crippen LogP contribution < -0.4 is 5.32 Å². The Balaban J connectivity index is 2.21. The molecule has 2 bridgehead atoms. The molecule has 10 heavy (non-hydrogen) atoms. The van der Waals surface area contributed by atoms with Crippen molar-refractivity contribution in [3.63, 3.8) is 0 Å². The number of hydrogen-bond donors (Lipinski definition) is 2. The van der Waals surface area contributed by atoms with Gasteiger partial charge in [-0.1, -0.05) is 0 Å². The van der Waals surface area contributed by atoms with Crippen LogP contribution in [-0.2, 0) is 0 Å². The van der Waals surface area contributed by atoms with E-state index in [4.69, 9.17) is 0 Å². The molecule has 0 aromatic rings. The lowest BCUT2D eigenvalue weighted by atomic mass is 9.83. The molecule has 2 nitrogen and oxygen atoms in total. The molecule has 1 saturated heterocycles. The molecular formula is C8H15NO. The lowest BCUT2D eigenvalue weighted by Gasteiger charge is -2.36. The Bertz CT molecular complexity index is 126. The molecule has 2 heteroatoms. The summed E-state index contributed by atoms with van der Waals surface area (Å²) in [7, 11) is 0. The van der Waals surface area contributed by atoms with Crippen LogP contribution in [0.2, 0.25) is 0 Å². The van der Waals surface area contributed by atoms with Gasteiger partial charge in [0.15, 0.2) is 0 Å². The SMILES string of the molecule is C[C@@]1(O)[C@@H]2CC[C@H]1CNC2. The number of hydrogen-bond acceptors (Lipinski definition) is 2. The third-order valence-electron chi connectivity index (χ3n) is 3.30. The van der Waals surface area contributed by atoms with Crippen molar-refractivity contribution < 1.29 is 5.11 Å². The minimum absolute atomic E-state index is 0.356. The zero-order valence-corrected chi connectivity index (χ0v) is 6.43. The van der Waals surface area contributed by atoms with Gasteiger partial charge in [-0.3, -0.25) is 0 Å². The maximum absolute atomic E-state index is 9.93.